The molecular formula is C17H17F2N5O3. The molecular weight excluding hydrogens is 360 g/mol. The van der Waals surface area contributed by atoms with Gasteiger partial charge in [0.25, 0.3) is 5.56 Å². The maximum absolute atomic E-state index is 13.8. The third-order valence-electron chi connectivity index (χ3n) is 4.34. The Labute approximate surface area is 151 Å². The van der Waals surface area contributed by atoms with E-state index in [2.05, 4.69) is 4.98 Å². The van der Waals surface area contributed by atoms with Gasteiger partial charge >= 0.3 is 5.69 Å². The predicted octanol–water partition coefficient (Wildman–Crippen LogP) is 0.371. The molecule has 0 N–H and O–H groups in total. The first-order valence-electron chi connectivity index (χ1n) is 7.99. The summed E-state index contributed by atoms with van der Waals surface area (Å²) in [5.74, 6) is -2.07. The highest BCUT2D eigenvalue weighted by molar-refractivity contribution is 5.76. The number of halogens is 2. The van der Waals surface area contributed by atoms with Crippen molar-refractivity contribution in [3.63, 3.8) is 0 Å². The number of nitrogens with zero attached hydrogens (tertiary/aromatic N) is 5. The lowest BCUT2D eigenvalue weighted by Gasteiger charge is -2.18. The first-order chi connectivity index (χ1) is 12.7. The molecule has 0 aliphatic rings. The molecule has 0 bridgehead atoms. The van der Waals surface area contributed by atoms with Crippen molar-refractivity contribution in [3.8, 4) is 0 Å². The van der Waals surface area contributed by atoms with Crippen LogP contribution in [0, 0.1) is 11.6 Å². The monoisotopic (exact) mass is 377 g/mol. The second-order valence-corrected chi connectivity index (χ2v) is 6.25. The van der Waals surface area contributed by atoms with Crippen molar-refractivity contribution >= 4 is 17.1 Å². The summed E-state index contributed by atoms with van der Waals surface area (Å²) < 4.78 is 30.2. The summed E-state index contributed by atoms with van der Waals surface area (Å²) in [7, 11) is 4.47. The van der Waals surface area contributed by atoms with E-state index in [0.29, 0.717) is 0 Å². The van der Waals surface area contributed by atoms with Gasteiger partial charge in [0.1, 0.15) is 18.2 Å². The quantitative estimate of drug-likeness (QED) is 0.658. The normalized spacial score (nSPS) is 11.1. The molecule has 0 aliphatic carbocycles. The van der Waals surface area contributed by atoms with Crippen molar-refractivity contribution in [2.45, 2.75) is 13.1 Å². The van der Waals surface area contributed by atoms with E-state index in [0.717, 1.165) is 21.6 Å². The fourth-order valence-electron chi connectivity index (χ4n) is 2.79. The Hall–Kier alpha value is -3.30. The predicted molar refractivity (Wildman–Crippen MR) is 93.0 cm³/mol. The van der Waals surface area contributed by atoms with Gasteiger partial charge in [-0.25, -0.2) is 23.1 Å². The van der Waals surface area contributed by atoms with Gasteiger partial charge in [-0.05, 0) is 6.07 Å². The Kier molecular flexibility index (Phi) is 4.64. The summed E-state index contributed by atoms with van der Waals surface area (Å²) in [5, 5.41) is 0. The van der Waals surface area contributed by atoms with Crippen LogP contribution in [0.3, 0.4) is 0 Å². The third-order valence-corrected chi connectivity index (χ3v) is 4.34. The zero-order valence-electron chi connectivity index (χ0n) is 14.9. The summed E-state index contributed by atoms with van der Waals surface area (Å²) in [4.78, 5) is 42.7. The number of rotatable bonds is 4. The van der Waals surface area contributed by atoms with E-state index in [1.165, 1.54) is 35.6 Å². The maximum Gasteiger partial charge on any atom is 0.332 e. The molecule has 142 valence electrons. The van der Waals surface area contributed by atoms with Gasteiger partial charge in [-0.1, -0.05) is 6.07 Å². The summed E-state index contributed by atoms with van der Waals surface area (Å²) in [6.45, 7) is -0.639. The Morgan fingerprint density at radius 2 is 1.93 bits per heavy atom. The van der Waals surface area contributed by atoms with Crippen LogP contribution >= 0.6 is 0 Å². The molecule has 0 radical (unpaired) electrons. The van der Waals surface area contributed by atoms with Crippen molar-refractivity contribution in [3.05, 3.63) is 62.6 Å². The molecule has 3 rings (SSSR count). The van der Waals surface area contributed by atoms with Gasteiger partial charge in [-0.3, -0.25) is 14.2 Å². The number of carbonyl (C=O) groups is 1. The van der Waals surface area contributed by atoms with Crippen LogP contribution in [0.5, 0.6) is 0 Å². The fourth-order valence-corrected chi connectivity index (χ4v) is 2.79. The largest absolute Gasteiger partial charge is 0.340 e. The topological polar surface area (TPSA) is 82.1 Å². The number of fused-ring (bicyclic) bond motifs is 1. The number of hydrogen-bond donors (Lipinski definition) is 0. The van der Waals surface area contributed by atoms with E-state index >= 15 is 0 Å². The number of likely N-dealkylation sites (N-methyl/N-ethyl adjacent to an activating group) is 1. The van der Waals surface area contributed by atoms with Crippen LogP contribution in [-0.2, 0) is 32.0 Å². The van der Waals surface area contributed by atoms with Gasteiger partial charge in [0, 0.05) is 39.3 Å². The SMILES string of the molecule is CN(Cc1ccc(F)cc1F)C(=O)Cn1c(=O)c2c(ncn2C)n(C)c1=O. The molecule has 2 heterocycles. The van der Waals surface area contributed by atoms with Gasteiger partial charge in [0.15, 0.2) is 11.2 Å². The highest BCUT2D eigenvalue weighted by atomic mass is 19.1. The highest BCUT2D eigenvalue weighted by Gasteiger charge is 2.19. The number of aromatic nitrogens is 4. The van der Waals surface area contributed by atoms with Crippen molar-refractivity contribution in [2.75, 3.05) is 7.05 Å². The zero-order chi connectivity index (χ0) is 19.9. The van der Waals surface area contributed by atoms with Crippen LogP contribution in [-0.4, -0.2) is 36.5 Å². The highest BCUT2D eigenvalue weighted by Crippen LogP contribution is 2.12. The lowest BCUT2D eigenvalue weighted by molar-refractivity contribution is -0.131. The number of amides is 1. The summed E-state index contributed by atoms with van der Waals surface area (Å²) >= 11 is 0. The molecule has 3 aromatic rings. The lowest BCUT2D eigenvalue weighted by atomic mass is 10.2. The molecule has 0 unspecified atom stereocenters. The molecule has 10 heteroatoms. The van der Waals surface area contributed by atoms with Crippen LogP contribution in [0.15, 0.2) is 34.1 Å². The van der Waals surface area contributed by atoms with E-state index in [4.69, 9.17) is 0 Å². The standard InChI is InChI=1S/C17H17F2N5O3/c1-21(7-10-4-5-11(18)6-12(10)19)13(25)8-24-16(26)14-15(20-9-22(14)2)23(3)17(24)27/h4-6,9H,7-8H2,1-3H3. The van der Waals surface area contributed by atoms with Gasteiger partial charge in [-0.15, -0.1) is 0 Å². The molecule has 8 nitrogen and oxygen atoms in total. The molecule has 0 aliphatic heterocycles. The fraction of sp³-hybridized carbons (Fsp3) is 0.294. The van der Waals surface area contributed by atoms with Crippen LogP contribution in [0.1, 0.15) is 5.56 Å². The second-order valence-electron chi connectivity index (χ2n) is 6.25. The van der Waals surface area contributed by atoms with E-state index < -0.39 is 35.3 Å². The Bertz CT molecular complexity index is 1160. The Morgan fingerprint density at radius 1 is 1.22 bits per heavy atom. The lowest BCUT2D eigenvalue weighted by Crippen LogP contribution is -2.43. The summed E-state index contributed by atoms with van der Waals surface area (Å²) in [6.07, 6.45) is 1.40. The zero-order valence-corrected chi connectivity index (χ0v) is 14.9. The van der Waals surface area contributed by atoms with E-state index in [1.54, 1.807) is 7.05 Å². The summed E-state index contributed by atoms with van der Waals surface area (Å²) in [5.41, 5.74) is -0.784. The molecule has 27 heavy (non-hydrogen) atoms. The van der Waals surface area contributed by atoms with Crippen LogP contribution in [0.25, 0.3) is 11.2 Å². The number of benzene rings is 1. The molecule has 1 aromatic carbocycles. The number of hydrogen-bond acceptors (Lipinski definition) is 4. The van der Waals surface area contributed by atoms with Crippen molar-refractivity contribution in [1.82, 2.24) is 23.6 Å². The molecule has 0 atom stereocenters. The third kappa shape index (κ3) is 3.25. The van der Waals surface area contributed by atoms with Gasteiger partial charge in [0.2, 0.25) is 5.91 Å². The number of imidazole rings is 1. The van der Waals surface area contributed by atoms with Gasteiger partial charge in [-0.2, -0.15) is 0 Å². The Balaban J connectivity index is 1.90. The van der Waals surface area contributed by atoms with Crippen molar-refractivity contribution < 1.29 is 13.6 Å². The number of aryl methyl sites for hydroxylation is 2. The smallest absolute Gasteiger partial charge is 0.332 e. The first kappa shape index (κ1) is 18.5. The molecule has 2 aromatic heterocycles. The minimum absolute atomic E-state index is 0.120. The average Bonchev–Trinajstić information content (AvgIpc) is 3.00. The Morgan fingerprint density at radius 3 is 2.59 bits per heavy atom. The van der Waals surface area contributed by atoms with Crippen molar-refractivity contribution in [2.24, 2.45) is 14.1 Å². The van der Waals surface area contributed by atoms with E-state index in [-0.39, 0.29) is 23.3 Å². The van der Waals surface area contributed by atoms with Crippen LogP contribution in [0.2, 0.25) is 0 Å². The van der Waals surface area contributed by atoms with E-state index in [1.807, 2.05) is 0 Å². The van der Waals surface area contributed by atoms with Gasteiger partial charge in [0.05, 0.1) is 6.33 Å². The average molecular weight is 377 g/mol. The molecule has 1 amide bonds. The molecule has 0 saturated heterocycles. The van der Waals surface area contributed by atoms with Crippen LogP contribution in [0.4, 0.5) is 8.78 Å². The molecule has 0 spiro atoms. The number of carbonyl (C=O) groups excluding carboxylic acids is 1. The summed E-state index contributed by atoms with van der Waals surface area (Å²) in [6, 6.07) is 3.05. The molecule has 0 fully saturated rings. The van der Waals surface area contributed by atoms with E-state index in [9.17, 15) is 23.2 Å². The maximum atomic E-state index is 13.8. The van der Waals surface area contributed by atoms with Crippen molar-refractivity contribution in [1.29, 1.82) is 0 Å². The minimum atomic E-state index is -0.779. The molecule has 0 saturated carbocycles. The van der Waals surface area contributed by atoms with Crippen LogP contribution < -0.4 is 11.2 Å². The minimum Gasteiger partial charge on any atom is -0.340 e. The van der Waals surface area contributed by atoms with Gasteiger partial charge < -0.3 is 9.47 Å². The second kappa shape index (κ2) is 6.78. The first-order valence-corrected chi connectivity index (χ1v) is 7.99.